The summed E-state index contributed by atoms with van der Waals surface area (Å²) in [7, 11) is 0. The molecule has 0 spiro atoms. The molecule has 3 nitrogen and oxygen atoms in total. The lowest BCUT2D eigenvalue weighted by Gasteiger charge is -2.05. The van der Waals surface area contributed by atoms with Crippen LogP contribution in [0, 0.1) is 0 Å². The van der Waals surface area contributed by atoms with Crippen LogP contribution in [-0.4, -0.2) is 11.8 Å². The van der Waals surface area contributed by atoms with E-state index in [4.69, 9.17) is 4.74 Å². The zero-order valence-electron chi connectivity index (χ0n) is 11.3. The van der Waals surface area contributed by atoms with E-state index in [9.17, 15) is 9.59 Å². The van der Waals surface area contributed by atoms with E-state index < -0.39 is 0 Å². The van der Waals surface area contributed by atoms with Crippen molar-refractivity contribution < 1.29 is 14.3 Å². The van der Waals surface area contributed by atoms with Gasteiger partial charge in [0.2, 0.25) is 0 Å². The number of hydrogen-bond donors (Lipinski definition) is 0. The lowest BCUT2D eigenvalue weighted by atomic mass is 10.0. The van der Waals surface area contributed by atoms with E-state index in [-0.39, 0.29) is 11.8 Å². The van der Waals surface area contributed by atoms with Crippen LogP contribution in [0.15, 0.2) is 54.6 Å². The van der Waals surface area contributed by atoms with Crippen LogP contribution in [0.2, 0.25) is 0 Å². The molecule has 0 aliphatic heterocycles. The van der Waals surface area contributed by atoms with Crippen molar-refractivity contribution in [2.45, 2.75) is 19.8 Å². The number of ether oxygens (including phenoxy) is 1. The van der Waals surface area contributed by atoms with Gasteiger partial charge in [0.15, 0.2) is 5.78 Å². The van der Waals surface area contributed by atoms with E-state index in [1.807, 2.05) is 25.1 Å². The third-order valence-corrected chi connectivity index (χ3v) is 2.84. The number of esters is 1. The van der Waals surface area contributed by atoms with E-state index >= 15 is 0 Å². The number of rotatable bonds is 5. The van der Waals surface area contributed by atoms with Crippen molar-refractivity contribution in [2.75, 3.05) is 0 Å². The Morgan fingerprint density at radius 3 is 2.10 bits per heavy atom. The predicted octanol–water partition coefficient (Wildman–Crippen LogP) is 3.62. The first-order chi connectivity index (χ1) is 9.70. The highest BCUT2D eigenvalue weighted by Gasteiger charge is 2.09. The van der Waals surface area contributed by atoms with Gasteiger partial charge in [-0.25, -0.2) is 0 Å². The van der Waals surface area contributed by atoms with E-state index in [1.54, 1.807) is 36.4 Å². The van der Waals surface area contributed by atoms with Crippen molar-refractivity contribution in [1.29, 1.82) is 0 Å². The van der Waals surface area contributed by atoms with E-state index in [0.29, 0.717) is 23.3 Å². The summed E-state index contributed by atoms with van der Waals surface area (Å²) >= 11 is 0. The maximum absolute atomic E-state index is 12.2. The molecule has 0 aliphatic carbocycles. The summed E-state index contributed by atoms with van der Waals surface area (Å²) in [5, 5.41) is 0. The maximum Gasteiger partial charge on any atom is 0.311 e. The van der Waals surface area contributed by atoms with Crippen LogP contribution in [0.5, 0.6) is 5.75 Å². The normalized spacial score (nSPS) is 10.1. The van der Waals surface area contributed by atoms with Crippen LogP contribution in [-0.2, 0) is 4.79 Å². The van der Waals surface area contributed by atoms with Gasteiger partial charge in [0.1, 0.15) is 5.75 Å². The van der Waals surface area contributed by atoms with Gasteiger partial charge >= 0.3 is 5.97 Å². The monoisotopic (exact) mass is 268 g/mol. The van der Waals surface area contributed by atoms with Gasteiger partial charge < -0.3 is 4.74 Å². The Morgan fingerprint density at radius 2 is 1.50 bits per heavy atom. The summed E-state index contributed by atoms with van der Waals surface area (Å²) in [5.74, 6) is 0.166. The highest BCUT2D eigenvalue weighted by Crippen LogP contribution is 2.16. The molecule has 0 bridgehead atoms. The van der Waals surface area contributed by atoms with Crippen LogP contribution in [0.25, 0.3) is 0 Å². The van der Waals surface area contributed by atoms with Crippen molar-refractivity contribution in [3.63, 3.8) is 0 Å². The second-order valence-electron chi connectivity index (χ2n) is 4.44. The highest BCUT2D eigenvalue weighted by molar-refractivity contribution is 6.09. The van der Waals surface area contributed by atoms with Crippen LogP contribution < -0.4 is 4.74 Å². The smallest absolute Gasteiger partial charge is 0.311 e. The van der Waals surface area contributed by atoms with Gasteiger partial charge in [-0.15, -0.1) is 0 Å². The topological polar surface area (TPSA) is 43.4 Å². The number of ketones is 1. The lowest BCUT2D eigenvalue weighted by Crippen LogP contribution is -2.07. The molecule has 3 heteroatoms. The molecule has 2 aromatic rings. The molecule has 0 aliphatic rings. The molecule has 0 heterocycles. The number of carbonyl (C=O) groups is 2. The zero-order chi connectivity index (χ0) is 14.4. The average Bonchev–Trinajstić information content (AvgIpc) is 2.48. The number of benzene rings is 2. The minimum atomic E-state index is -0.255. The van der Waals surface area contributed by atoms with Gasteiger partial charge in [0.05, 0.1) is 0 Å². The Balaban J connectivity index is 2.08. The standard InChI is InChI=1S/C17H16O3/c1-2-6-16(18)20-15-11-9-14(10-12-15)17(19)13-7-4-3-5-8-13/h3-5,7-12H,2,6H2,1H3. The molecule has 0 unspecified atom stereocenters. The fourth-order valence-electron chi connectivity index (χ4n) is 1.82. The van der Waals surface area contributed by atoms with Crippen LogP contribution in [0.1, 0.15) is 35.7 Å². The molecule has 0 amide bonds. The van der Waals surface area contributed by atoms with Crippen LogP contribution >= 0.6 is 0 Å². The SMILES string of the molecule is CCCC(=O)Oc1ccc(C(=O)c2ccccc2)cc1. The molecule has 2 rings (SSSR count). The van der Waals surface area contributed by atoms with Gasteiger partial charge in [0.25, 0.3) is 0 Å². The van der Waals surface area contributed by atoms with Crippen LogP contribution in [0.3, 0.4) is 0 Å². The van der Waals surface area contributed by atoms with Crippen molar-refractivity contribution in [3.05, 3.63) is 65.7 Å². The highest BCUT2D eigenvalue weighted by atomic mass is 16.5. The molecule has 0 saturated heterocycles. The lowest BCUT2D eigenvalue weighted by molar-refractivity contribution is -0.134. The Morgan fingerprint density at radius 1 is 0.900 bits per heavy atom. The van der Waals surface area contributed by atoms with E-state index in [1.165, 1.54) is 0 Å². The molecule has 0 fully saturated rings. The van der Waals surface area contributed by atoms with Crippen molar-refractivity contribution >= 4 is 11.8 Å². The fourth-order valence-corrected chi connectivity index (χ4v) is 1.82. The molecular formula is C17H16O3. The van der Waals surface area contributed by atoms with Gasteiger partial charge in [-0.1, -0.05) is 37.3 Å². The fraction of sp³-hybridized carbons (Fsp3) is 0.176. The molecule has 0 aromatic heterocycles. The van der Waals surface area contributed by atoms with Gasteiger partial charge in [-0.05, 0) is 30.7 Å². The first-order valence-corrected chi connectivity index (χ1v) is 6.61. The summed E-state index contributed by atoms with van der Waals surface area (Å²) in [5.41, 5.74) is 1.22. The predicted molar refractivity (Wildman–Crippen MR) is 76.9 cm³/mol. The number of carbonyl (C=O) groups excluding carboxylic acids is 2. The Hall–Kier alpha value is -2.42. The second kappa shape index (κ2) is 6.66. The first-order valence-electron chi connectivity index (χ1n) is 6.61. The molecule has 0 atom stereocenters. The Bertz CT molecular complexity index is 585. The van der Waals surface area contributed by atoms with Gasteiger partial charge in [-0.2, -0.15) is 0 Å². The van der Waals surface area contributed by atoms with Crippen LogP contribution in [0.4, 0.5) is 0 Å². The maximum atomic E-state index is 12.2. The summed E-state index contributed by atoms with van der Waals surface area (Å²) in [6.45, 7) is 1.92. The molecule has 2 aromatic carbocycles. The molecule has 0 saturated carbocycles. The summed E-state index contributed by atoms with van der Waals surface area (Å²) < 4.78 is 5.14. The first kappa shape index (κ1) is 14.0. The average molecular weight is 268 g/mol. The summed E-state index contributed by atoms with van der Waals surface area (Å²) in [6.07, 6.45) is 1.15. The Labute approximate surface area is 118 Å². The van der Waals surface area contributed by atoms with Gasteiger partial charge in [0, 0.05) is 17.5 Å². The molecule has 0 radical (unpaired) electrons. The third-order valence-electron chi connectivity index (χ3n) is 2.84. The zero-order valence-corrected chi connectivity index (χ0v) is 11.3. The van der Waals surface area contributed by atoms with Crippen molar-refractivity contribution in [2.24, 2.45) is 0 Å². The Kier molecular flexibility index (Phi) is 4.66. The molecular weight excluding hydrogens is 252 g/mol. The largest absolute Gasteiger partial charge is 0.427 e. The number of hydrogen-bond acceptors (Lipinski definition) is 3. The minimum Gasteiger partial charge on any atom is -0.427 e. The quantitative estimate of drug-likeness (QED) is 0.472. The second-order valence-corrected chi connectivity index (χ2v) is 4.44. The molecule has 0 N–H and O–H groups in total. The third kappa shape index (κ3) is 3.54. The summed E-state index contributed by atoms with van der Waals surface area (Å²) in [4.78, 5) is 23.5. The van der Waals surface area contributed by atoms with Crippen molar-refractivity contribution in [1.82, 2.24) is 0 Å². The van der Waals surface area contributed by atoms with E-state index in [2.05, 4.69) is 0 Å². The van der Waals surface area contributed by atoms with Crippen molar-refractivity contribution in [3.8, 4) is 5.75 Å². The molecule has 102 valence electrons. The van der Waals surface area contributed by atoms with E-state index in [0.717, 1.165) is 6.42 Å². The minimum absolute atomic E-state index is 0.0444. The summed E-state index contributed by atoms with van der Waals surface area (Å²) in [6, 6.07) is 15.7. The van der Waals surface area contributed by atoms with Gasteiger partial charge in [-0.3, -0.25) is 9.59 Å². The molecule has 20 heavy (non-hydrogen) atoms.